The van der Waals surface area contributed by atoms with Crippen molar-refractivity contribution in [2.45, 2.75) is 0 Å². The first kappa shape index (κ1) is 13.1. The Balaban J connectivity index is 1.80. The van der Waals surface area contributed by atoms with E-state index < -0.39 is 0 Å². The molecule has 3 aromatic rings. The zero-order valence-corrected chi connectivity index (χ0v) is 12.4. The van der Waals surface area contributed by atoms with Crippen LogP contribution >= 0.6 is 34.9 Å². The lowest BCUT2D eigenvalue weighted by molar-refractivity contribution is 0.569. The second-order valence-electron chi connectivity index (χ2n) is 3.78. The molecule has 0 aliphatic rings. The van der Waals surface area contributed by atoms with Crippen molar-refractivity contribution in [1.29, 1.82) is 5.41 Å². The highest BCUT2D eigenvalue weighted by molar-refractivity contribution is 7.81. The minimum absolute atomic E-state index is 0.0345. The van der Waals surface area contributed by atoms with Crippen LogP contribution in [-0.2, 0) is 0 Å². The lowest BCUT2D eigenvalue weighted by atomic mass is 10.3. The smallest absolute Gasteiger partial charge is 0.280 e. The number of anilines is 1. The Kier molecular flexibility index (Phi) is 3.43. The molecule has 3 N–H and O–H groups in total. The largest absolute Gasteiger partial charge is 0.416 e. The van der Waals surface area contributed by atoms with Gasteiger partial charge in [-0.1, -0.05) is 23.5 Å². The maximum Gasteiger partial charge on any atom is 0.280 e. The lowest BCUT2D eigenvalue weighted by Gasteiger charge is -2.02. The van der Waals surface area contributed by atoms with Gasteiger partial charge in [0, 0.05) is 5.38 Å². The molecule has 0 atom stereocenters. The fourth-order valence-electron chi connectivity index (χ4n) is 1.53. The second kappa shape index (κ2) is 5.23. The van der Waals surface area contributed by atoms with Crippen LogP contribution in [0.5, 0.6) is 5.19 Å². The quantitative estimate of drug-likeness (QED) is 0.572. The average molecular weight is 320 g/mol. The van der Waals surface area contributed by atoms with Crippen molar-refractivity contribution in [2.24, 2.45) is 0 Å². The summed E-state index contributed by atoms with van der Waals surface area (Å²) in [6.45, 7) is 0. The number of rotatable bonds is 3. The van der Waals surface area contributed by atoms with Crippen molar-refractivity contribution in [3.8, 4) is 5.19 Å². The molecule has 1 aromatic carbocycles. The Labute approximate surface area is 127 Å². The first-order valence-corrected chi connectivity index (χ1v) is 7.61. The van der Waals surface area contributed by atoms with E-state index in [1.807, 2.05) is 24.3 Å². The molecule has 0 amide bonds. The lowest BCUT2D eigenvalue weighted by Crippen LogP contribution is -2.18. The molecule has 5 nitrogen and oxygen atoms in total. The Morgan fingerprint density at radius 1 is 1.30 bits per heavy atom. The van der Waals surface area contributed by atoms with Gasteiger partial charge in [0.2, 0.25) is 5.05 Å². The zero-order valence-electron chi connectivity index (χ0n) is 9.99. The summed E-state index contributed by atoms with van der Waals surface area (Å²) in [6.07, 6.45) is 0. The Bertz CT molecular complexity index is 775. The maximum absolute atomic E-state index is 7.93. The third-order valence-corrected chi connectivity index (χ3v) is 4.31. The molecular formula is C12H8N4OS3. The van der Waals surface area contributed by atoms with Crippen LogP contribution in [0.15, 0.2) is 29.6 Å². The summed E-state index contributed by atoms with van der Waals surface area (Å²) in [5, 5.41) is 10.5. The second-order valence-corrected chi connectivity index (χ2v) is 6.04. The predicted octanol–water partition coefficient (Wildman–Crippen LogP) is 3.11. The van der Waals surface area contributed by atoms with Crippen molar-refractivity contribution in [3.63, 3.8) is 0 Å². The summed E-state index contributed by atoms with van der Waals surface area (Å²) in [4.78, 5) is 8.31. The predicted molar refractivity (Wildman–Crippen MR) is 86.2 cm³/mol. The number of hydrogen-bond acceptors (Lipinski definition) is 8. The van der Waals surface area contributed by atoms with Crippen molar-refractivity contribution >= 4 is 61.0 Å². The number of hydrogen-bond donors (Lipinski definition) is 2. The summed E-state index contributed by atoms with van der Waals surface area (Å²) in [5.74, 6) is 0. The molecule has 20 heavy (non-hydrogen) atoms. The number of nitrogens with two attached hydrogens (primary N) is 1. The van der Waals surface area contributed by atoms with E-state index in [1.165, 1.54) is 22.7 Å². The van der Waals surface area contributed by atoms with Crippen LogP contribution in [0.2, 0.25) is 0 Å². The van der Waals surface area contributed by atoms with Crippen molar-refractivity contribution in [3.05, 3.63) is 35.3 Å². The summed E-state index contributed by atoms with van der Waals surface area (Å²) in [6, 6.07) is 7.69. The summed E-state index contributed by atoms with van der Waals surface area (Å²) in [7, 11) is 0. The number of para-hydroxylation sites is 1. The van der Waals surface area contributed by atoms with Crippen molar-refractivity contribution < 1.29 is 4.74 Å². The van der Waals surface area contributed by atoms with Gasteiger partial charge < -0.3 is 10.5 Å². The van der Waals surface area contributed by atoms with Gasteiger partial charge in [-0.25, -0.2) is 9.97 Å². The third kappa shape index (κ3) is 2.53. The number of ether oxygens (including phenoxy) is 1. The number of nitrogen functional groups attached to an aromatic ring is 1. The molecule has 0 spiro atoms. The Morgan fingerprint density at radius 2 is 2.10 bits per heavy atom. The van der Waals surface area contributed by atoms with Gasteiger partial charge >= 0.3 is 0 Å². The third-order valence-electron chi connectivity index (χ3n) is 2.44. The van der Waals surface area contributed by atoms with Gasteiger partial charge in [0.15, 0.2) is 5.13 Å². The van der Waals surface area contributed by atoms with Gasteiger partial charge in [-0.05, 0) is 24.4 Å². The van der Waals surface area contributed by atoms with E-state index in [9.17, 15) is 0 Å². The fraction of sp³-hybridized carbons (Fsp3) is 0. The number of fused-ring (bicyclic) bond motifs is 1. The van der Waals surface area contributed by atoms with Gasteiger partial charge in [-0.2, -0.15) is 0 Å². The molecule has 3 rings (SSSR count). The van der Waals surface area contributed by atoms with E-state index >= 15 is 0 Å². The minimum atomic E-state index is 0.0345. The van der Waals surface area contributed by atoms with Gasteiger partial charge in [0.05, 0.1) is 10.2 Å². The number of nitrogens with one attached hydrogen (secondary N) is 1. The number of thiazole rings is 2. The summed E-state index contributed by atoms with van der Waals surface area (Å²) in [5.41, 5.74) is 6.83. The molecule has 2 heterocycles. The van der Waals surface area contributed by atoms with Gasteiger partial charge in [0.25, 0.3) is 5.19 Å². The van der Waals surface area contributed by atoms with E-state index in [4.69, 9.17) is 28.1 Å². The highest BCUT2D eigenvalue weighted by Gasteiger charge is 2.15. The number of aromatic nitrogens is 2. The normalized spacial score (nSPS) is 10.6. The van der Waals surface area contributed by atoms with Crippen LogP contribution < -0.4 is 10.5 Å². The molecule has 0 aliphatic carbocycles. The van der Waals surface area contributed by atoms with E-state index in [0.29, 0.717) is 16.0 Å². The van der Waals surface area contributed by atoms with Gasteiger partial charge in [-0.3, -0.25) is 5.41 Å². The summed E-state index contributed by atoms with van der Waals surface area (Å²) >= 11 is 7.74. The van der Waals surface area contributed by atoms with E-state index in [0.717, 1.165) is 10.2 Å². The van der Waals surface area contributed by atoms with E-state index in [1.54, 1.807) is 5.38 Å². The van der Waals surface area contributed by atoms with E-state index in [-0.39, 0.29) is 10.8 Å². The topological polar surface area (TPSA) is 84.9 Å². The van der Waals surface area contributed by atoms with Crippen molar-refractivity contribution in [1.82, 2.24) is 9.97 Å². The molecule has 0 unspecified atom stereocenters. The molecule has 0 fully saturated rings. The number of thiocarbonyl (C=S) groups is 1. The molecule has 8 heteroatoms. The molecule has 0 bridgehead atoms. The molecular weight excluding hydrogens is 312 g/mol. The number of nitrogens with zero attached hydrogens (tertiary/aromatic N) is 2. The van der Waals surface area contributed by atoms with Crippen LogP contribution in [0.4, 0.5) is 5.13 Å². The molecule has 100 valence electrons. The number of benzene rings is 1. The van der Waals surface area contributed by atoms with Crippen LogP contribution in [-0.4, -0.2) is 20.7 Å². The van der Waals surface area contributed by atoms with Crippen LogP contribution in [0.25, 0.3) is 10.2 Å². The first-order valence-electron chi connectivity index (χ1n) is 5.51. The summed E-state index contributed by atoms with van der Waals surface area (Å²) < 4.78 is 6.47. The monoisotopic (exact) mass is 320 g/mol. The Morgan fingerprint density at radius 3 is 2.80 bits per heavy atom. The van der Waals surface area contributed by atoms with E-state index in [2.05, 4.69) is 9.97 Å². The Hall–Kier alpha value is -1.90. The molecule has 0 radical (unpaired) electrons. The van der Waals surface area contributed by atoms with Crippen LogP contribution in [0.3, 0.4) is 0 Å². The van der Waals surface area contributed by atoms with Crippen LogP contribution in [0.1, 0.15) is 5.69 Å². The average Bonchev–Trinajstić information content (AvgIpc) is 3.03. The molecule has 0 saturated heterocycles. The fourth-order valence-corrected chi connectivity index (χ4v) is 3.14. The minimum Gasteiger partial charge on any atom is -0.416 e. The first-order chi connectivity index (χ1) is 9.63. The highest BCUT2D eigenvalue weighted by atomic mass is 32.1. The molecule has 0 aliphatic heterocycles. The van der Waals surface area contributed by atoms with Crippen LogP contribution in [0, 0.1) is 5.41 Å². The highest BCUT2D eigenvalue weighted by Crippen LogP contribution is 2.27. The SMILES string of the molecule is N=C(C(=S)Oc1nc2ccccc2s1)c1csc(N)n1. The molecule has 0 saturated carbocycles. The maximum atomic E-state index is 7.93. The zero-order chi connectivity index (χ0) is 14.1. The van der Waals surface area contributed by atoms with Crippen molar-refractivity contribution in [2.75, 3.05) is 5.73 Å². The molecule has 2 aromatic heterocycles. The van der Waals surface area contributed by atoms with Gasteiger partial charge in [0.1, 0.15) is 11.4 Å². The van der Waals surface area contributed by atoms with Gasteiger partial charge in [-0.15, -0.1) is 11.3 Å². The standard InChI is InChI=1S/C12H8N4OS3/c13-9(7-5-19-11(14)15-7)10(18)17-12-16-6-3-1-2-4-8(6)20-12/h1-5,13H,(H2,14,15).